The Hall–Kier alpha value is -2.00. The van der Waals surface area contributed by atoms with E-state index in [0.717, 1.165) is 17.2 Å². The molecule has 0 aliphatic carbocycles. The molecule has 1 atom stereocenters. The van der Waals surface area contributed by atoms with Crippen molar-refractivity contribution in [3.05, 3.63) is 54.1 Å². The van der Waals surface area contributed by atoms with E-state index >= 15 is 0 Å². The molecule has 2 aromatic rings. The second-order valence-corrected chi connectivity index (χ2v) is 5.08. The Balaban J connectivity index is 2.19. The van der Waals surface area contributed by atoms with Gasteiger partial charge in [0.15, 0.2) is 0 Å². The third kappa shape index (κ3) is 3.52. The van der Waals surface area contributed by atoms with Crippen LogP contribution in [-0.2, 0) is 0 Å². The van der Waals surface area contributed by atoms with E-state index in [9.17, 15) is 0 Å². The predicted octanol–water partition coefficient (Wildman–Crippen LogP) is 3.83. The molecule has 0 spiro atoms. The lowest BCUT2D eigenvalue weighted by Gasteiger charge is -2.15. The largest absolute Gasteiger partial charge is 0.457 e. The summed E-state index contributed by atoms with van der Waals surface area (Å²) in [7, 11) is 6.00. The van der Waals surface area contributed by atoms with Crippen LogP contribution in [0.25, 0.3) is 0 Å². The molecule has 1 N–H and O–H groups in total. The van der Waals surface area contributed by atoms with Crippen LogP contribution >= 0.6 is 0 Å². The molecule has 2 aromatic carbocycles. The standard InChI is InChI=1S/C17H22N2O/c1-13(18-2)14-7-5-9-16(11-14)20-17-10-6-8-15(12-17)19(3)4/h5-13,18H,1-4H3. The zero-order chi connectivity index (χ0) is 14.5. The first-order valence-electron chi connectivity index (χ1n) is 6.82. The molecule has 0 bridgehead atoms. The van der Waals surface area contributed by atoms with Crippen molar-refractivity contribution in [3.63, 3.8) is 0 Å². The first-order chi connectivity index (χ1) is 9.60. The molecular formula is C17H22N2O. The monoisotopic (exact) mass is 270 g/mol. The highest BCUT2D eigenvalue weighted by molar-refractivity contribution is 5.50. The number of hydrogen-bond acceptors (Lipinski definition) is 3. The van der Waals surface area contributed by atoms with Crippen LogP contribution in [0.3, 0.4) is 0 Å². The Labute approximate surface area is 121 Å². The summed E-state index contributed by atoms with van der Waals surface area (Å²) in [6, 6.07) is 16.6. The van der Waals surface area contributed by atoms with E-state index in [1.165, 1.54) is 5.56 Å². The fourth-order valence-corrected chi connectivity index (χ4v) is 1.98. The second kappa shape index (κ2) is 6.44. The molecule has 0 aliphatic heterocycles. The summed E-state index contributed by atoms with van der Waals surface area (Å²) >= 11 is 0. The zero-order valence-electron chi connectivity index (χ0n) is 12.6. The number of anilines is 1. The third-order valence-electron chi connectivity index (χ3n) is 3.36. The molecule has 3 heteroatoms. The Kier molecular flexibility index (Phi) is 4.64. The Morgan fingerprint density at radius 1 is 1.00 bits per heavy atom. The minimum absolute atomic E-state index is 0.312. The minimum atomic E-state index is 0.312. The van der Waals surface area contributed by atoms with Crippen LogP contribution in [-0.4, -0.2) is 21.1 Å². The van der Waals surface area contributed by atoms with E-state index in [4.69, 9.17) is 4.74 Å². The molecule has 0 heterocycles. The van der Waals surface area contributed by atoms with Crippen LogP contribution in [0, 0.1) is 0 Å². The first-order valence-corrected chi connectivity index (χ1v) is 6.82. The smallest absolute Gasteiger partial charge is 0.129 e. The minimum Gasteiger partial charge on any atom is -0.457 e. The van der Waals surface area contributed by atoms with Crippen LogP contribution in [0.4, 0.5) is 5.69 Å². The average molecular weight is 270 g/mol. The van der Waals surface area contributed by atoms with Crippen LogP contribution in [0.5, 0.6) is 11.5 Å². The van der Waals surface area contributed by atoms with Crippen molar-refractivity contribution in [2.24, 2.45) is 0 Å². The fourth-order valence-electron chi connectivity index (χ4n) is 1.98. The van der Waals surface area contributed by atoms with Crippen molar-refractivity contribution >= 4 is 5.69 Å². The summed E-state index contributed by atoms with van der Waals surface area (Å²) in [5, 5.41) is 3.23. The molecule has 1 unspecified atom stereocenters. The normalized spacial score (nSPS) is 12.0. The van der Waals surface area contributed by atoms with Crippen molar-refractivity contribution in [2.45, 2.75) is 13.0 Å². The lowest BCUT2D eigenvalue weighted by molar-refractivity contribution is 0.480. The molecule has 0 aliphatic rings. The van der Waals surface area contributed by atoms with Gasteiger partial charge in [-0.2, -0.15) is 0 Å². The topological polar surface area (TPSA) is 24.5 Å². The lowest BCUT2D eigenvalue weighted by atomic mass is 10.1. The Morgan fingerprint density at radius 3 is 2.30 bits per heavy atom. The van der Waals surface area contributed by atoms with Crippen molar-refractivity contribution in [3.8, 4) is 11.5 Å². The van der Waals surface area contributed by atoms with Gasteiger partial charge in [0.1, 0.15) is 11.5 Å². The lowest BCUT2D eigenvalue weighted by Crippen LogP contribution is -2.12. The maximum Gasteiger partial charge on any atom is 0.129 e. The van der Waals surface area contributed by atoms with Crippen LogP contribution in [0.1, 0.15) is 18.5 Å². The molecule has 0 aromatic heterocycles. The molecule has 20 heavy (non-hydrogen) atoms. The zero-order valence-corrected chi connectivity index (χ0v) is 12.6. The van der Waals surface area contributed by atoms with Gasteiger partial charge in [-0.3, -0.25) is 0 Å². The average Bonchev–Trinajstić information content (AvgIpc) is 2.47. The summed E-state index contributed by atoms with van der Waals surface area (Å²) in [6.07, 6.45) is 0. The maximum atomic E-state index is 5.95. The summed E-state index contributed by atoms with van der Waals surface area (Å²) < 4.78 is 5.95. The highest BCUT2D eigenvalue weighted by Crippen LogP contribution is 2.27. The first kappa shape index (κ1) is 14.4. The molecule has 2 rings (SSSR count). The van der Waals surface area contributed by atoms with E-state index in [-0.39, 0.29) is 0 Å². The molecule has 106 valence electrons. The van der Waals surface area contributed by atoms with Crippen molar-refractivity contribution in [2.75, 3.05) is 26.0 Å². The molecule has 3 nitrogen and oxygen atoms in total. The van der Waals surface area contributed by atoms with Gasteiger partial charge < -0.3 is 15.0 Å². The van der Waals surface area contributed by atoms with Crippen molar-refractivity contribution in [1.82, 2.24) is 5.32 Å². The second-order valence-electron chi connectivity index (χ2n) is 5.08. The Bertz CT molecular complexity index is 566. The number of hydrogen-bond donors (Lipinski definition) is 1. The Morgan fingerprint density at radius 2 is 1.65 bits per heavy atom. The van der Waals surface area contributed by atoms with E-state index < -0.39 is 0 Å². The van der Waals surface area contributed by atoms with Gasteiger partial charge in [-0.25, -0.2) is 0 Å². The van der Waals surface area contributed by atoms with Gasteiger partial charge in [-0.05, 0) is 43.8 Å². The number of ether oxygens (including phenoxy) is 1. The van der Waals surface area contributed by atoms with Gasteiger partial charge in [0.05, 0.1) is 0 Å². The molecule has 0 radical (unpaired) electrons. The van der Waals surface area contributed by atoms with E-state index in [1.807, 2.05) is 51.5 Å². The van der Waals surface area contributed by atoms with Gasteiger partial charge in [-0.15, -0.1) is 0 Å². The van der Waals surface area contributed by atoms with Gasteiger partial charge in [0.25, 0.3) is 0 Å². The number of rotatable bonds is 5. The van der Waals surface area contributed by atoms with E-state index in [0.29, 0.717) is 6.04 Å². The summed E-state index contributed by atoms with van der Waals surface area (Å²) in [6.45, 7) is 2.13. The molecule has 0 saturated heterocycles. The van der Waals surface area contributed by atoms with Gasteiger partial charge >= 0.3 is 0 Å². The SMILES string of the molecule is CNC(C)c1cccc(Oc2cccc(N(C)C)c2)c1. The third-order valence-corrected chi connectivity index (χ3v) is 3.36. The maximum absolute atomic E-state index is 5.95. The summed E-state index contributed by atoms with van der Waals surface area (Å²) in [5.41, 5.74) is 2.34. The predicted molar refractivity (Wildman–Crippen MR) is 84.8 cm³/mol. The summed E-state index contributed by atoms with van der Waals surface area (Å²) in [4.78, 5) is 2.06. The fraction of sp³-hybridized carbons (Fsp3) is 0.294. The molecule has 0 amide bonds. The molecular weight excluding hydrogens is 248 g/mol. The van der Waals surface area contributed by atoms with Crippen molar-refractivity contribution in [1.29, 1.82) is 0 Å². The van der Waals surface area contributed by atoms with Crippen molar-refractivity contribution < 1.29 is 4.74 Å². The van der Waals surface area contributed by atoms with Crippen LogP contribution in [0.2, 0.25) is 0 Å². The van der Waals surface area contributed by atoms with Gasteiger partial charge in [-0.1, -0.05) is 18.2 Å². The number of nitrogens with zero attached hydrogens (tertiary/aromatic N) is 1. The summed E-state index contributed by atoms with van der Waals surface area (Å²) in [5.74, 6) is 1.71. The number of benzene rings is 2. The highest BCUT2D eigenvalue weighted by Gasteiger charge is 2.05. The number of nitrogens with one attached hydrogen (secondary N) is 1. The van der Waals surface area contributed by atoms with Gasteiger partial charge in [0, 0.05) is 31.9 Å². The van der Waals surface area contributed by atoms with Crippen LogP contribution in [0.15, 0.2) is 48.5 Å². The highest BCUT2D eigenvalue weighted by atomic mass is 16.5. The van der Waals surface area contributed by atoms with E-state index in [1.54, 1.807) is 0 Å². The molecule has 0 fully saturated rings. The van der Waals surface area contributed by atoms with E-state index in [2.05, 4.69) is 35.3 Å². The quantitative estimate of drug-likeness (QED) is 0.893. The molecule has 0 saturated carbocycles. The van der Waals surface area contributed by atoms with Gasteiger partial charge in [0.2, 0.25) is 0 Å². The van der Waals surface area contributed by atoms with Crippen LogP contribution < -0.4 is 15.0 Å².